The van der Waals surface area contributed by atoms with Gasteiger partial charge in [0.1, 0.15) is 11.6 Å². The number of aromatic amines is 1. The molecule has 3 aromatic rings. The summed E-state index contributed by atoms with van der Waals surface area (Å²) < 4.78 is 11.1. The van der Waals surface area contributed by atoms with E-state index in [1.54, 1.807) is 19.4 Å². The van der Waals surface area contributed by atoms with Gasteiger partial charge in [0.25, 0.3) is 0 Å². The highest BCUT2D eigenvalue weighted by Gasteiger charge is 2.15. The maximum absolute atomic E-state index is 6.16. The maximum atomic E-state index is 6.16. The number of nitrogens with one attached hydrogen (secondary N) is 1. The van der Waals surface area contributed by atoms with Crippen molar-refractivity contribution < 1.29 is 9.47 Å². The van der Waals surface area contributed by atoms with E-state index in [2.05, 4.69) is 60.2 Å². The number of H-pyrrole nitrogens is 1. The van der Waals surface area contributed by atoms with E-state index >= 15 is 0 Å². The second-order valence-corrected chi connectivity index (χ2v) is 8.23. The normalized spacial score (nSPS) is 12.1. The lowest BCUT2D eigenvalue weighted by Crippen LogP contribution is -2.10. The molecule has 0 unspecified atom stereocenters. The summed E-state index contributed by atoms with van der Waals surface area (Å²) in [5.41, 5.74) is 5.07. The lowest BCUT2D eigenvalue weighted by molar-refractivity contribution is 0.346. The average Bonchev–Trinajstić information content (AvgIpc) is 3.10. The van der Waals surface area contributed by atoms with Crippen LogP contribution in [0.25, 0.3) is 5.57 Å². The van der Waals surface area contributed by atoms with Crippen LogP contribution in [0.5, 0.6) is 11.8 Å². The molecule has 0 amide bonds. The molecule has 0 atom stereocenters. The molecular weight excluding hydrogens is 386 g/mol. The largest absolute Gasteiger partial charge is 0.480 e. The van der Waals surface area contributed by atoms with Gasteiger partial charge in [-0.2, -0.15) is 5.10 Å². The topological polar surface area (TPSA) is 60.0 Å². The van der Waals surface area contributed by atoms with Gasteiger partial charge in [-0.1, -0.05) is 56.6 Å². The Morgan fingerprint density at radius 1 is 1.14 bits per heavy atom. The van der Waals surface area contributed by atoms with Gasteiger partial charge in [-0.3, -0.25) is 0 Å². The lowest BCUT2D eigenvalue weighted by Gasteiger charge is -2.19. The van der Waals surface area contributed by atoms with Gasteiger partial charge in [0, 0.05) is 11.1 Å². The first kappa shape index (κ1) is 20.9. The van der Waals surface area contributed by atoms with Crippen LogP contribution >= 0.6 is 11.6 Å². The van der Waals surface area contributed by atoms with E-state index in [-0.39, 0.29) is 5.41 Å². The molecule has 0 bridgehead atoms. The van der Waals surface area contributed by atoms with E-state index in [9.17, 15) is 0 Å². The van der Waals surface area contributed by atoms with E-state index in [0.29, 0.717) is 23.4 Å². The van der Waals surface area contributed by atoms with E-state index in [1.165, 1.54) is 5.56 Å². The van der Waals surface area contributed by atoms with Crippen molar-refractivity contribution in [2.45, 2.75) is 33.1 Å². The molecule has 29 heavy (non-hydrogen) atoms. The van der Waals surface area contributed by atoms with E-state index in [0.717, 1.165) is 22.4 Å². The molecule has 0 radical (unpaired) electrons. The van der Waals surface area contributed by atoms with Crippen molar-refractivity contribution in [1.82, 2.24) is 15.2 Å². The zero-order valence-corrected chi connectivity index (χ0v) is 18.2. The third-order valence-electron chi connectivity index (χ3n) is 4.64. The van der Waals surface area contributed by atoms with Crippen LogP contribution in [0.2, 0.25) is 5.02 Å². The molecule has 0 aliphatic heterocycles. The van der Waals surface area contributed by atoms with Crippen LogP contribution in [0.3, 0.4) is 0 Å². The Kier molecular flexibility index (Phi) is 6.28. The summed E-state index contributed by atoms with van der Waals surface area (Å²) in [6.07, 6.45) is 3.73. The number of nitrogens with zero attached hydrogens (tertiary/aromatic N) is 2. The Bertz CT molecular complexity index is 1000. The molecule has 5 nitrogen and oxygen atoms in total. The van der Waals surface area contributed by atoms with Gasteiger partial charge in [0.05, 0.1) is 19.0 Å². The summed E-state index contributed by atoms with van der Waals surface area (Å²) in [6.45, 7) is 8.91. The van der Waals surface area contributed by atoms with Crippen LogP contribution in [0.1, 0.15) is 43.2 Å². The molecule has 0 spiro atoms. The average molecular weight is 412 g/mol. The summed E-state index contributed by atoms with van der Waals surface area (Å²) in [7, 11) is 1.56. The van der Waals surface area contributed by atoms with Crippen LogP contribution in [-0.2, 0) is 5.41 Å². The minimum atomic E-state index is 0.0887. The molecule has 1 aromatic carbocycles. The second kappa shape index (κ2) is 8.70. The van der Waals surface area contributed by atoms with E-state index < -0.39 is 0 Å². The van der Waals surface area contributed by atoms with Gasteiger partial charge in [0.2, 0.25) is 11.8 Å². The molecule has 152 valence electrons. The van der Waals surface area contributed by atoms with Crippen LogP contribution in [0.4, 0.5) is 0 Å². The number of benzene rings is 1. The second-order valence-electron chi connectivity index (χ2n) is 7.83. The fraction of sp³-hybridized carbons (Fsp3) is 0.304. The monoisotopic (exact) mass is 411 g/mol. The van der Waals surface area contributed by atoms with Gasteiger partial charge >= 0.3 is 0 Å². The number of halogens is 1. The predicted molar refractivity (Wildman–Crippen MR) is 117 cm³/mol. The molecule has 6 heteroatoms. The number of methoxy groups -OCH3 is 1. The summed E-state index contributed by atoms with van der Waals surface area (Å²) in [5, 5.41) is 7.32. The number of hydrogen-bond donors (Lipinski definition) is 1. The summed E-state index contributed by atoms with van der Waals surface area (Å²) in [5.74, 6) is 1.05. The zero-order valence-electron chi connectivity index (χ0n) is 17.4. The minimum Gasteiger partial charge on any atom is -0.480 e. The molecule has 2 aromatic heterocycles. The molecule has 0 aliphatic rings. The van der Waals surface area contributed by atoms with Crippen LogP contribution in [-0.4, -0.2) is 28.9 Å². The standard InChI is InChI=1S/C23H26ClN3O2/c1-15-14-25-27-21(15)29-13-12-18(20-11-10-19(24)22(26-20)28-5)16-6-8-17(9-7-16)23(2,3)4/h6-12,14H,13H2,1-5H3,(H,25,27)/b18-12-. The predicted octanol–water partition coefficient (Wildman–Crippen LogP) is 5.58. The summed E-state index contributed by atoms with van der Waals surface area (Å²) >= 11 is 6.16. The molecule has 0 saturated carbocycles. The van der Waals surface area contributed by atoms with Crippen LogP contribution in [0, 0.1) is 6.92 Å². The highest BCUT2D eigenvalue weighted by Crippen LogP contribution is 2.30. The molecule has 3 rings (SSSR count). The Morgan fingerprint density at radius 3 is 2.45 bits per heavy atom. The first-order chi connectivity index (χ1) is 13.8. The third-order valence-corrected chi connectivity index (χ3v) is 4.93. The molecule has 0 saturated heterocycles. The fourth-order valence-corrected chi connectivity index (χ4v) is 3.11. The Morgan fingerprint density at radius 2 is 1.86 bits per heavy atom. The van der Waals surface area contributed by atoms with E-state index in [1.807, 2.05) is 19.1 Å². The van der Waals surface area contributed by atoms with Gasteiger partial charge < -0.3 is 9.47 Å². The number of aromatic nitrogens is 3. The highest BCUT2D eigenvalue weighted by atomic mass is 35.5. The van der Waals surface area contributed by atoms with Gasteiger partial charge in [-0.05, 0) is 41.7 Å². The molecule has 1 N–H and O–H groups in total. The maximum Gasteiger partial charge on any atom is 0.232 e. The van der Waals surface area contributed by atoms with E-state index in [4.69, 9.17) is 21.1 Å². The quantitative estimate of drug-likeness (QED) is 0.574. The first-order valence-electron chi connectivity index (χ1n) is 9.44. The summed E-state index contributed by atoms with van der Waals surface area (Å²) in [6, 6.07) is 12.2. The number of hydrogen-bond acceptors (Lipinski definition) is 4. The van der Waals surface area contributed by atoms with Gasteiger partial charge in [-0.25, -0.2) is 10.1 Å². The van der Waals surface area contributed by atoms with Crippen molar-refractivity contribution in [3.63, 3.8) is 0 Å². The molecule has 2 heterocycles. The Hall–Kier alpha value is -2.79. The number of rotatable bonds is 6. The van der Waals surface area contributed by atoms with Crippen molar-refractivity contribution in [3.8, 4) is 11.8 Å². The highest BCUT2D eigenvalue weighted by molar-refractivity contribution is 6.31. The van der Waals surface area contributed by atoms with Crippen molar-refractivity contribution in [3.05, 3.63) is 76.1 Å². The zero-order chi connectivity index (χ0) is 21.0. The van der Waals surface area contributed by atoms with Crippen molar-refractivity contribution in [2.24, 2.45) is 0 Å². The first-order valence-corrected chi connectivity index (χ1v) is 9.82. The van der Waals surface area contributed by atoms with Gasteiger partial charge in [-0.15, -0.1) is 0 Å². The van der Waals surface area contributed by atoms with Crippen molar-refractivity contribution >= 4 is 17.2 Å². The van der Waals surface area contributed by atoms with Crippen LogP contribution in [0.15, 0.2) is 48.7 Å². The number of ether oxygens (including phenoxy) is 2. The Balaban J connectivity index is 1.97. The molecule has 0 aliphatic carbocycles. The van der Waals surface area contributed by atoms with Gasteiger partial charge in [0.15, 0.2) is 0 Å². The SMILES string of the molecule is COc1nc(/C(=C\COc2[nH]ncc2C)c2ccc(C(C)(C)C)cc2)ccc1Cl. The fourth-order valence-electron chi connectivity index (χ4n) is 2.93. The summed E-state index contributed by atoms with van der Waals surface area (Å²) in [4.78, 5) is 4.57. The lowest BCUT2D eigenvalue weighted by atomic mass is 9.86. The smallest absolute Gasteiger partial charge is 0.232 e. The number of pyridine rings is 1. The van der Waals surface area contributed by atoms with Crippen LogP contribution < -0.4 is 9.47 Å². The van der Waals surface area contributed by atoms with Crippen molar-refractivity contribution in [2.75, 3.05) is 13.7 Å². The third kappa shape index (κ3) is 4.98. The Labute approximate surface area is 176 Å². The molecular formula is C23H26ClN3O2. The molecule has 0 fully saturated rings. The van der Waals surface area contributed by atoms with Crippen molar-refractivity contribution in [1.29, 1.82) is 0 Å². The minimum absolute atomic E-state index is 0.0887. The number of aryl methyl sites for hydroxylation is 1.